The Balaban J connectivity index is 1.40. The number of benzene rings is 1. The van der Waals surface area contributed by atoms with Crippen LogP contribution in [0.4, 0.5) is 0 Å². The highest BCUT2D eigenvalue weighted by Gasteiger charge is 2.08. The number of carbonyl (C=O) groups excluding carboxylic acids is 1. The minimum atomic E-state index is -0.198. The monoisotopic (exact) mass is 435 g/mol. The molecule has 6 nitrogen and oxygen atoms in total. The summed E-state index contributed by atoms with van der Waals surface area (Å²) in [5.41, 5.74) is 4.52. The van der Waals surface area contributed by atoms with E-state index in [9.17, 15) is 4.79 Å². The van der Waals surface area contributed by atoms with Crippen LogP contribution in [-0.2, 0) is 10.5 Å². The number of pyridine rings is 1. The number of halogens is 1. The number of rotatable bonds is 8. The smallest absolute Gasteiger partial charge is 0.250 e. The Kier molecular flexibility index (Phi) is 7.64. The van der Waals surface area contributed by atoms with Crippen LogP contribution in [0.3, 0.4) is 0 Å². The van der Waals surface area contributed by atoms with Crippen molar-refractivity contribution in [2.45, 2.75) is 14.4 Å². The molecule has 138 valence electrons. The van der Waals surface area contributed by atoms with E-state index >= 15 is 0 Å². The van der Waals surface area contributed by atoms with Crippen molar-refractivity contribution in [1.29, 1.82) is 0 Å². The van der Waals surface area contributed by atoms with E-state index in [4.69, 9.17) is 11.6 Å². The zero-order valence-corrected chi connectivity index (χ0v) is 17.1. The maximum absolute atomic E-state index is 11.8. The summed E-state index contributed by atoms with van der Waals surface area (Å²) in [5.74, 6) is 0.820. The lowest BCUT2D eigenvalue weighted by atomic mass is 10.2. The van der Waals surface area contributed by atoms with Crippen LogP contribution in [0.25, 0.3) is 0 Å². The summed E-state index contributed by atoms with van der Waals surface area (Å²) >= 11 is 10.3. The lowest BCUT2D eigenvalue weighted by Crippen LogP contribution is -2.19. The molecule has 0 unspecified atom stereocenters. The fourth-order valence-electron chi connectivity index (χ4n) is 1.83. The van der Waals surface area contributed by atoms with Gasteiger partial charge in [-0.2, -0.15) is 5.10 Å². The van der Waals surface area contributed by atoms with Gasteiger partial charge in [0.05, 0.1) is 12.0 Å². The zero-order valence-electron chi connectivity index (χ0n) is 13.9. The van der Waals surface area contributed by atoms with Gasteiger partial charge in [0.15, 0.2) is 8.68 Å². The van der Waals surface area contributed by atoms with Crippen LogP contribution in [0.1, 0.15) is 11.1 Å². The highest BCUT2D eigenvalue weighted by atomic mass is 35.5. The molecule has 0 saturated carbocycles. The van der Waals surface area contributed by atoms with Crippen molar-refractivity contribution in [2.24, 2.45) is 5.10 Å². The summed E-state index contributed by atoms with van der Waals surface area (Å²) in [6.45, 7) is 0. The first-order valence-electron chi connectivity index (χ1n) is 7.74. The number of nitrogens with one attached hydrogen (secondary N) is 1. The second kappa shape index (κ2) is 10.4. The van der Waals surface area contributed by atoms with Crippen molar-refractivity contribution >= 4 is 58.6 Å². The van der Waals surface area contributed by atoms with E-state index in [0.717, 1.165) is 25.0 Å². The third-order valence-electron chi connectivity index (χ3n) is 3.10. The van der Waals surface area contributed by atoms with Crippen LogP contribution in [0, 0.1) is 0 Å². The first-order valence-corrected chi connectivity index (χ1v) is 10.9. The number of aromatic nitrogens is 3. The predicted molar refractivity (Wildman–Crippen MR) is 112 cm³/mol. The molecule has 2 heterocycles. The molecule has 0 atom stereocenters. The van der Waals surface area contributed by atoms with Crippen molar-refractivity contribution in [2.75, 3.05) is 5.75 Å². The van der Waals surface area contributed by atoms with E-state index in [1.54, 1.807) is 42.5 Å². The van der Waals surface area contributed by atoms with Crippen LogP contribution in [0.15, 0.2) is 62.6 Å². The number of carbonyl (C=O) groups is 1. The van der Waals surface area contributed by atoms with Crippen molar-refractivity contribution in [3.05, 3.63) is 64.9 Å². The molecular weight excluding hydrogens is 422 g/mol. The second-order valence-electron chi connectivity index (χ2n) is 5.11. The summed E-state index contributed by atoms with van der Waals surface area (Å²) in [4.78, 5) is 15.8. The number of hydrazone groups is 1. The van der Waals surface area contributed by atoms with Crippen molar-refractivity contribution in [3.8, 4) is 0 Å². The summed E-state index contributed by atoms with van der Waals surface area (Å²) in [5, 5.41) is 12.9. The number of hydrogen-bond acceptors (Lipinski definition) is 8. The molecule has 1 N–H and O–H groups in total. The van der Waals surface area contributed by atoms with Crippen LogP contribution >= 0.6 is 46.5 Å². The molecule has 1 aromatic carbocycles. The maximum atomic E-state index is 11.8. The Hall–Kier alpha value is -1.94. The van der Waals surface area contributed by atoms with Crippen LogP contribution in [0.2, 0.25) is 5.02 Å². The number of nitrogens with zero attached hydrogens (tertiary/aromatic N) is 4. The Labute approximate surface area is 173 Å². The fourth-order valence-corrected chi connectivity index (χ4v) is 4.72. The highest BCUT2D eigenvalue weighted by Crippen LogP contribution is 2.30. The molecular formula is C17H14ClN5OS3. The molecule has 2 aromatic heterocycles. The van der Waals surface area contributed by atoms with E-state index in [1.165, 1.54) is 28.7 Å². The van der Waals surface area contributed by atoms with Gasteiger partial charge in [0.2, 0.25) is 0 Å². The van der Waals surface area contributed by atoms with E-state index in [-0.39, 0.29) is 11.7 Å². The SMILES string of the molecule is O=C(CSc1nnc(SCc2ccc(Cl)cc2)s1)N/N=C/c1ccncc1. The van der Waals surface area contributed by atoms with Crippen LogP contribution < -0.4 is 5.43 Å². The molecule has 0 aliphatic heterocycles. The third-order valence-corrected chi connectivity index (χ3v) is 6.61. The molecule has 10 heteroatoms. The van der Waals surface area contributed by atoms with Gasteiger partial charge in [-0.15, -0.1) is 10.2 Å². The molecule has 3 rings (SSSR count). The average molecular weight is 436 g/mol. The number of thioether (sulfide) groups is 2. The Morgan fingerprint density at radius 1 is 1.11 bits per heavy atom. The maximum Gasteiger partial charge on any atom is 0.250 e. The van der Waals surface area contributed by atoms with Crippen LogP contribution in [0.5, 0.6) is 0 Å². The van der Waals surface area contributed by atoms with E-state index in [1.807, 2.05) is 24.3 Å². The average Bonchev–Trinajstić information content (AvgIpc) is 3.15. The Bertz CT molecular complexity index is 902. The van der Waals surface area contributed by atoms with Gasteiger partial charge < -0.3 is 0 Å². The minimum absolute atomic E-state index is 0.198. The van der Waals surface area contributed by atoms with Gasteiger partial charge in [-0.05, 0) is 35.4 Å². The van der Waals surface area contributed by atoms with E-state index in [2.05, 4.69) is 25.7 Å². The van der Waals surface area contributed by atoms with Gasteiger partial charge in [-0.25, -0.2) is 5.43 Å². The molecule has 0 saturated heterocycles. The van der Waals surface area contributed by atoms with Gasteiger partial charge in [0.25, 0.3) is 5.91 Å². The quantitative estimate of drug-likeness (QED) is 0.325. The summed E-state index contributed by atoms with van der Waals surface area (Å²) in [6, 6.07) is 11.3. The minimum Gasteiger partial charge on any atom is -0.272 e. The van der Waals surface area contributed by atoms with Gasteiger partial charge in [0.1, 0.15) is 0 Å². The highest BCUT2D eigenvalue weighted by molar-refractivity contribution is 8.03. The van der Waals surface area contributed by atoms with Gasteiger partial charge in [-0.3, -0.25) is 9.78 Å². The first-order chi connectivity index (χ1) is 13.2. The molecule has 3 aromatic rings. The molecule has 0 radical (unpaired) electrons. The molecule has 1 amide bonds. The fraction of sp³-hybridized carbons (Fsp3) is 0.118. The van der Waals surface area contributed by atoms with E-state index < -0.39 is 0 Å². The molecule has 0 aliphatic carbocycles. The van der Waals surface area contributed by atoms with Crippen molar-refractivity contribution in [1.82, 2.24) is 20.6 Å². The topological polar surface area (TPSA) is 80.1 Å². The normalized spacial score (nSPS) is 11.0. The molecule has 27 heavy (non-hydrogen) atoms. The van der Waals surface area contributed by atoms with E-state index in [0.29, 0.717) is 0 Å². The third kappa shape index (κ3) is 6.94. The van der Waals surface area contributed by atoms with Gasteiger partial charge in [0, 0.05) is 23.2 Å². The summed E-state index contributed by atoms with van der Waals surface area (Å²) < 4.78 is 1.62. The molecule has 0 aliphatic rings. The van der Waals surface area contributed by atoms with Gasteiger partial charge in [-0.1, -0.05) is 58.6 Å². The second-order valence-corrected chi connectivity index (χ2v) is 8.97. The standard InChI is InChI=1S/C17H14ClN5OS3/c18-14-3-1-13(2-4-14)10-25-16-22-23-17(27-16)26-11-15(24)21-20-9-12-5-7-19-8-6-12/h1-9H,10-11H2,(H,21,24)/b20-9+. The summed E-state index contributed by atoms with van der Waals surface area (Å²) in [6.07, 6.45) is 4.90. The molecule has 0 fully saturated rings. The Morgan fingerprint density at radius 2 is 1.81 bits per heavy atom. The molecule has 0 spiro atoms. The zero-order chi connectivity index (χ0) is 18.9. The lowest BCUT2D eigenvalue weighted by molar-refractivity contribution is -0.118. The van der Waals surface area contributed by atoms with Crippen molar-refractivity contribution in [3.63, 3.8) is 0 Å². The van der Waals surface area contributed by atoms with Crippen molar-refractivity contribution < 1.29 is 4.79 Å². The van der Waals surface area contributed by atoms with Gasteiger partial charge >= 0.3 is 0 Å². The number of amides is 1. The number of hydrogen-bond donors (Lipinski definition) is 1. The molecule has 0 bridgehead atoms. The first kappa shape index (κ1) is 19.8. The van der Waals surface area contributed by atoms with Crippen LogP contribution in [-0.4, -0.2) is 33.1 Å². The largest absolute Gasteiger partial charge is 0.272 e. The summed E-state index contributed by atoms with van der Waals surface area (Å²) in [7, 11) is 0. The lowest BCUT2D eigenvalue weighted by Gasteiger charge is -1.98. The predicted octanol–water partition coefficient (Wildman–Crippen LogP) is 4.12. The Morgan fingerprint density at radius 3 is 2.56 bits per heavy atom.